The average Bonchev–Trinajstić information content (AvgIpc) is 2.46. The number of anilines is 1. The van der Waals surface area contributed by atoms with Crippen molar-refractivity contribution < 1.29 is 0 Å². The average molecular weight is 257 g/mol. The maximum atomic E-state index is 4.50. The minimum absolute atomic E-state index is 0.743. The first-order valence-corrected chi connectivity index (χ1v) is 7.36. The van der Waals surface area contributed by atoms with Crippen molar-refractivity contribution in [3.05, 3.63) is 30.5 Å². The summed E-state index contributed by atoms with van der Waals surface area (Å²) in [6.07, 6.45) is 9.74. The number of hydrogen-bond acceptors (Lipinski definition) is 3. The van der Waals surface area contributed by atoms with Crippen molar-refractivity contribution in [3.8, 4) is 0 Å². The van der Waals surface area contributed by atoms with Gasteiger partial charge in [0.2, 0.25) is 5.95 Å². The Kier molecular flexibility index (Phi) is 5.60. The van der Waals surface area contributed by atoms with Gasteiger partial charge >= 0.3 is 0 Å². The highest BCUT2D eigenvalue weighted by Crippen LogP contribution is 2.12. The molecule has 0 fully saturated rings. The van der Waals surface area contributed by atoms with Gasteiger partial charge in [0.1, 0.15) is 0 Å². The number of aromatic nitrogens is 2. The van der Waals surface area contributed by atoms with Crippen LogP contribution in [0.5, 0.6) is 0 Å². The molecule has 1 N–H and O–H groups in total. The van der Waals surface area contributed by atoms with Crippen LogP contribution in [-0.2, 0) is 0 Å². The largest absolute Gasteiger partial charge is 0.354 e. The van der Waals surface area contributed by atoms with Gasteiger partial charge in [-0.2, -0.15) is 0 Å². The lowest BCUT2D eigenvalue weighted by Gasteiger charge is -2.05. The van der Waals surface area contributed by atoms with E-state index in [1.807, 2.05) is 30.5 Å². The van der Waals surface area contributed by atoms with E-state index in [4.69, 9.17) is 0 Å². The summed E-state index contributed by atoms with van der Waals surface area (Å²) in [6.45, 7) is 3.21. The van der Waals surface area contributed by atoms with Gasteiger partial charge in [-0.25, -0.2) is 9.97 Å². The smallest absolute Gasteiger partial charge is 0.223 e. The van der Waals surface area contributed by atoms with E-state index in [0.29, 0.717) is 0 Å². The lowest BCUT2D eigenvalue weighted by atomic mass is 10.1. The highest BCUT2D eigenvalue weighted by molar-refractivity contribution is 5.78. The molecule has 19 heavy (non-hydrogen) atoms. The fourth-order valence-corrected chi connectivity index (χ4v) is 2.16. The number of unbranched alkanes of at least 4 members (excludes halogenated alkanes) is 5. The number of para-hydroxylation sites is 1. The molecule has 0 spiro atoms. The van der Waals surface area contributed by atoms with Crippen molar-refractivity contribution in [2.75, 3.05) is 11.9 Å². The van der Waals surface area contributed by atoms with Crippen LogP contribution < -0.4 is 5.32 Å². The van der Waals surface area contributed by atoms with Crippen molar-refractivity contribution in [3.63, 3.8) is 0 Å². The van der Waals surface area contributed by atoms with Crippen LogP contribution >= 0.6 is 0 Å². The van der Waals surface area contributed by atoms with E-state index < -0.39 is 0 Å². The maximum Gasteiger partial charge on any atom is 0.223 e. The number of fused-ring (bicyclic) bond motifs is 1. The van der Waals surface area contributed by atoms with E-state index in [1.54, 1.807) is 0 Å². The van der Waals surface area contributed by atoms with E-state index in [9.17, 15) is 0 Å². The van der Waals surface area contributed by atoms with Gasteiger partial charge in [-0.15, -0.1) is 0 Å². The van der Waals surface area contributed by atoms with Crippen LogP contribution in [0.15, 0.2) is 30.5 Å². The maximum absolute atomic E-state index is 4.50. The molecular formula is C16H23N3. The molecule has 102 valence electrons. The third-order valence-corrected chi connectivity index (χ3v) is 3.30. The molecule has 0 radical (unpaired) electrons. The number of benzene rings is 1. The Labute approximate surface area is 115 Å². The molecular weight excluding hydrogens is 234 g/mol. The summed E-state index contributed by atoms with van der Waals surface area (Å²) in [4.78, 5) is 8.83. The monoisotopic (exact) mass is 257 g/mol. The van der Waals surface area contributed by atoms with Crippen LogP contribution in [0.4, 0.5) is 5.95 Å². The fraction of sp³-hybridized carbons (Fsp3) is 0.500. The first kappa shape index (κ1) is 13.8. The summed E-state index contributed by atoms with van der Waals surface area (Å²) in [5.74, 6) is 0.743. The van der Waals surface area contributed by atoms with Gasteiger partial charge in [0, 0.05) is 18.1 Å². The lowest BCUT2D eigenvalue weighted by molar-refractivity contribution is 0.616. The van der Waals surface area contributed by atoms with Crippen LogP contribution in [0.1, 0.15) is 45.4 Å². The standard InChI is InChI=1S/C16H23N3/c1-2-3-4-5-6-9-12-17-16-18-13-14-10-7-8-11-15(14)19-16/h7-8,10-11,13H,2-6,9,12H2,1H3,(H,17,18,19). The molecule has 1 heterocycles. The molecule has 0 saturated heterocycles. The zero-order chi connectivity index (χ0) is 13.3. The normalized spacial score (nSPS) is 10.8. The molecule has 0 unspecified atom stereocenters. The molecule has 1 aromatic heterocycles. The van der Waals surface area contributed by atoms with Gasteiger partial charge in [0.05, 0.1) is 5.52 Å². The molecule has 0 saturated carbocycles. The van der Waals surface area contributed by atoms with Crippen LogP contribution in [0.25, 0.3) is 10.9 Å². The van der Waals surface area contributed by atoms with Gasteiger partial charge in [-0.1, -0.05) is 57.2 Å². The van der Waals surface area contributed by atoms with Gasteiger partial charge in [0.25, 0.3) is 0 Å². The summed E-state index contributed by atoms with van der Waals surface area (Å²) >= 11 is 0. The second-order valence-electron chi connectivity index (χ2n) is 4.95. The third-order valence-electron chi connectivity index (χ3n) is 3.30. The summed E-state index contributed by atoms with van der Waals surface area (Å²) in [7, 11) is 0. The van der Waals surface area contributed by atoms with Crippen LogP contribution in [0.2, 0.25) is 0 Å². The first-order chi connectivity index (χ1) is 9.40. The van der Waals surface area contributed by atoms with Gasteiger partial charge in [-0.3, -0.25) is 0 Å². The van der Waals surface area contributed by atoms with Gasteiger partial charge in [-0.05, 0) is 12.5 Å². The molecule has 0 aliphatic carbocycles. The van der Waals surface area contributed by atoms with E-state index in [0.717, 1.165) is 23.4 Å². The van der Waals surface area contributed by atoms with Crippen LogP contribution in [-0.4, -0.2) is 16.5 Å². The number of rotatable bonds is 8. The summed E-state index contributed by atoms with van der Waals surface area (Å²) in [6, 6.07) is 8.07. The molecule has 1 aromatic carbocycles. The Balaban J connectivity index is 1.72. The molecule has 0 aliphatic rings. The Morgan fingerprint density at radius 1 is 1.00 bits per heavy atom. The SMILES string of the molecule is CCCCCCCCNc1ncc2ccccc2n1. The zero-order valence-corrected chi connectivity index (χ0v) is 11.7. The molecule has 0 amide bonds. The zero-order valence-electron chi connectivity index (χ0n) is 11.7. The molecule has 0 atom stereocenters. The molecule has 2 aromatic rings. The third kappa shape index (κ3) is 4.51. The fourth-order valence-electron chi connectivity index (χ4n) is 2.16. The molecule has 3 heteroatoms. The quantitative estimate of drug-likeness (QED) is 0.712. The lowest BCUT2D eigenvalue weighted by Crippen LogP contribution is -2.05. The summed E-state index contributed by atoms with van der Waals surface area (Å²) in [5, 5.41) is 4.40. The minimum atomic E-state index is 0.743. The van der Waals surface area contributed by atoms with E-state index in [2.05, 4.69) is 22.2 Å². The van der Waals surface area contributed by atoms with Gasteiger partial charge < -0.3 is 5.32 Å². The Morgan fingerprint density at radius 3 is 2.68 bits per heavy atom. The molecule has 2 rings (SSSR count). The van der Waals surface area contributed by atoms with Crippen LogP contribution in [0.3, 0.4) is 0 Å². The van der Waals surface area contributed by atoms with Crippen molar-refractivity contribution >= 4 is 16.9 Å². The number of hydrogen-bond donors (Lipinski definition) is 1. The Hall–Kier alpha value is -1.64. The van der Waals surface area contributed by atoms with Crippen molar-refractivity contribution in [2.24, 2.45) is 0 Å². The summed E-state index contributed by atoms with van der Waals surface area (Å²) in [5.41, 5.74) is 1.00. The molecule has 3 nitrogen and oxygen atoms in total. The topological polar surface area (TPSA) is 37.8 Å². The van der Waals surface area contributed by atoms with Crippen molar-refractivity contribution in [2.45, 2.75) is 45.4 Å². The van der Waals surface area contributed by atoms with E-state index >= 15 is 0 Å². The Bertz CT molecular complexity index is 496. The van der Waals surface area contributed by atoms with Gasteiger partial charge in [0.15, 0.2) is 0 Å². The second kappa shape index (κ2) is 7.72. The van der Waals surface area contributed by atoms with E-state index in [1.165, 1.54) is 38.5 Å². The molecule has 0 aliphatic heterocycles. The van der Waals surface area contributed by atoms with Crippen molar-refractivity contribution in [1.29, 1.82) is 0 Å². The first-order valence-electron chi connectivity index (χ1n) is 7.36. The molecule has 0 bridgehead atoms. The van der Waals surface area contributed by atoms with Crippen LogP contribution in [0, 0.1) is 0 Å². The Morgan fingerprint density at radius 2 is 1.79 bits per heavy atom. The minimum Gasteiger partial charge on any atom is -0.354 e. The predicted octanol–water partition coefficient (Wildman–Crippen LogP) is 4.40. The number of nitrogens with one attached hydrogen (secondary N) is 1. The highest BCUT2D eigenvalue weighted by Gasteiger charge is 1.98. The second-order valence-corrected chi connectivity index (χ2v) is 4.95. The predicted molar refractivity (Wildman–Crippen MR) is 81.4 cm³/mol. The highest BCUT2D eigenvalue weighted by atomic mass is 15.1. The van der Waals surface area contributed by atoms with Crippen molar-refractivity contribution in [1.82, 2.24) is 9.97 Å². The van der Waals surface area contributed by atoms with E-state index in [-0.39, 0.29) is 0 Å². The summed E-state index contributed by atoms with van der Waals surface area (Å²) < 4.78 is 0. The number of nitrogens with zero attached hydrogens (tertiary/aromatic N) is 2.